The van der Waals surface area contributed by atoms with Crippen LogP contribution < -0.4 is 10.9 Å². The minimum Gasteiger partial charge on any atom is -0.304 e. The van der Waals surface area contributed by atoms with Crippen molar-refractivity contribution in [3.05, 3.63) is 89.1 Å². The molecule has 0 fully saturated rings. The zero-order valence-electron chi connectivity index (χ0n) is 18.5. The van der Waals surface area contributed by atoms with Crippen molar-refractivity contribution in [3.63, 3.8) is 0 Å². The fraction of sp³-hybridized carbons (Fsp3) is 0.167. The van der Waals surface area contributed by atoms with Crippen molar-refractivity contribution in [1.82, 2.24) is 10.9 Å². The zero-order valence-corrected chi connectivity index (χ0v) is 20.2. The van der Waals surface area contributed by atoms with Gasteiger partial charge in [0.05, 0.1) is 17.6 Å². The Labute approximate surface area is 197 Å². The van der Waals surface area contributed by atoms with Crippen molar-refractivity contribution in [1.29, 1.82) is 0 Å². The maximum Gasteiger partial charge on any atom is 0.209 e. The molecule has 1 heterocycles. The standard InChI is InChI=1S/C24H26N6S2/c1-17-16-25-29-23(31-3)26-21(19-11-7-5-8-12-19)15-18(2)28-30-24(32-4)27-22(17)20-13-9-6-10-14-20/h5-16,28H,1-4H3,(H,27,30)/b18-15+,22-17+,25-16-,26-21+,29-23+. The molecule has 0 aromatic heterocycles. The molecule has 8 heteroatoms. The average molecular weight is 463 g/mol. The SMILES string of the molecule is CSC1=N/C(c2ccccc2)=C(C)/C=N\N=C(SC)/N=C(c2ccccc2)\C=C(/C)NN1. The molecule has 1 aliphatic heterocycles. The summed E-state index contributed by atoms with van der Waals surface area (Å²) in [5, 5.41) is 9.96. The summed E-state index contributed by atoms with van der Waals surface area (Å²) in [7, 11) is 0. The third-order valence-corrected chi connectivity index (χ3v) is 5.53. The number of rotatable bonds is 2. The highest BCUT2D eigenvalue weighted by Crippen LogP contribution is 2.21. The van der Waals surface area contributed by atoms with Crippen molar-refractivity contribution < 1.29 is 0 Å². The molecule has 2 aromatic rings. The van der Waals surface area contributed by atoms with Gasteiger partial charge in [0.1, 0.15) is 0 Å². The summed E-state index contributed by atoms with van der Waals surface area (Å²) in [5.74, 6) is 0. The van der Waals surface area contributed by atoms with Crippen molar-refractivity contribution in [3.8, 4) is 0 Å². The van der Waals surface area contributed by atoms with Gasteiger partial charge in [-0.25, -0.2) is 9.98 Å². The van der Waals surface area contributed by atoms with Gasteiger partial charge < -0.3 is 5.43 Å². The monoisotopic (exact) mass is 462 g/mol. The Balaban J connectivity index is 2.13. The van der Waals surface area contributed by atoms with Crippen molar-refractivity contribution in [2.75, 3.05) is 12.5 Å². The van der Waals surface area contributed by atoms with Crippen LogP contribution >= 0.6 is 23.5 Å². The molecule has 0 saturated heterocycles. The van der Waals surface area contributed by atoms with E-state index in [2.05, 4.69) is 21.1 Å². The van der Waals surface area contributed by atoms with Crippen LogP contribution in [0, 0.1) is 0 Å². The summed E-state index contributed by atoms with van der Waals surface area (Å²) in [6.07, 6.45) is 7.61. The molecule has 32 heavy (non-hydrogen) atoms. The molecule has 1 aliphatic rings. The van der Waals surface area contributed by atoms with Gasteiger partial charge >= 0.3 is 0 Å². The van der Waals surface area contributed by atoms with Crippen LogP contribution in [0.15, 0.2) is 98.2 Å². The van der Waals surface area contributed by atoms with Gasteiger partial charge in [0.15, 0.2) is 5.17 Å². The van der Waals surface area contributed by atoms with Crippen molar-refractivity contribution in [2.24, 2.45) is 20.2 Å². The van der Waals surface area contributed by atoms with Crippen LogP contribution in [0.3, 0.4) is 0 Å². The minimum absolute atomic E-state index is 0.566. The van der Waals surface area contributed by atoms with E-state index in [0.29, 0.717) is 5.17 Å². The molecule has 6 nitrogen and oxygen atoms in total. The first-order valence-electron chi connectivity index (χ1n) is 9.99. The summed E-state index contributed by atoms with van der Waals surface area (Å²) in [4.78, 5) is 9.63. The molecule has 0 aliphatic carbocycles. The van der Waals surface area contributed by atoms with Gasteiger partial charge in [-0.3, -0.25) is 5.43 Å². The third kappa shape index (κ3) is 6.70. The van der Waals surface area contributed by atoms with E-state index in [4.69, 9.17) is 9.98 Å². The smallest absolute Gasteiger partial charge is 0.209 e. The van der Waals surface area contributed by atoms with E-state index in [0.717, 1.165) is 39.0 Å². The summed E-state index contributed by atoms with van der Waals surface area (Å²) >= 11 is 2.96. The number of amidine groups is 2. The van der Waals surface area contributed by atoms with E-state index in [1.807, 2.05) is 93.1 Å². The predicted molar refractivity (Wildman–Crippen MR) is 142 cm³/mol. The molecule has 0 amide bonds. The van der Waals surface area contributed by atoms with Gasteiger partial charge in [0, 0.05) is 16.8 Å². The van der Waals surface area contributed by atoms with Gasteiger partial charge in [-0.05, 0) is 38.0 Å². The van der Waals surface area contributed by atoms with Crippen LogP contribution in [0.25, 0.3) is 5.70 Å². The molecular formula is C24H26N6S2. The molecule has 0 atom stereocenters. The lowest BCUT2D eigenvalue weighted by Crippen LogP contribution is -2.34. The first-order chi connectivity index (χ1) is 15.6. The van der Waals surface area contributed by atoms with E-state index in [1.54, 1.807) is 6.21 Å². The Bertz CT molecular complexity index is 1100. The number of hydrogen-bond acceptors (Lipinski definition) is 8. The Morgan fingerprint density at radius 2 is 1.41 bits per heavy atom. The fourth-order valence-electron chi connectivity index (χ4n) is 2.82. The number of allylic oxidation sites excluding steroid dienone is 3. The van der Waals surface area contributed by atoms with Crippen molar-refractivity contribution >= 4 is 51.5 Å². The van der Waals surface area contributed by atoms with E-state index in [-0.39, 0.29) is 0 Å². The number of benzene rings is 2. The lowest BCUT2D eigenvalue weighted by molar-refractivity contribution is 0.775. The molecule has 3 rings (SSSR count). The van der Waals surface area contributed by atoms with Gasteiger partial charge in [-0.2, -0.15) is 5.10 Å². The second-order valence-electron chi connectivity index (χ2n) is 6.79. The molecule has 2 aromatic carbocycles. The maximum absolute atomic E-state index is 4.87. The summed E-state index contributed by atoms with van der Waals surface area (Å²) in [6, 6.07) is 20.0. The van der Waals surface area contributed by atoms with E-state index >= 15 is 0 Å². The Morgan fingerprint density at radius 3 is 2.03 bits per heavy atom. The number of nitrogens with one attached hydrogen (secondary N) is 2. The van der Waals surface area contributed by atoms with Gasteiger partial charge in [-0.15, -0.1) is 5.10 Å². The quantitative estimate of drug-likeness (QED) is 0.632. The largest absolute Gasteiger partial charge is 0.304 e. The second-order valence-corrected chi connectivity index (χ2v) is 8.36. The first kappa shape index (κ1) is 23.6. The molecule has 0 bridgehead atoms. The van der Waals surface area contributed by atoms with Crippen LogP contribution in [-0.2, 0) is 0 Å². The van der Waals surface area contributed by atoms with Crippen LogP contribution in [0.1, 0.15) is 25.0 Å². The maximum atomic E-state index is 4.87. The normalized spacial score (nSPS) is 23.6. The van der Waals surface area contributed by atoms with E-state index < -0.39 is 0 Å². The second kappa shape index (κ2) is 12.1. The van der Waals surface area contributed by atoms with Gasteiger partial charge in [0.25, 0.3) is 0 Å². The highest BCUT2D eigenvalue weighted by molar-refractivity contribution is 8.13. The number of hydrogen-bond donors (Lipinski definition) is 2. The number of thioether (sulfide) groups is 2. The molecule has 2 N–H and O–H groups in total. The van der Waals surface area contributed by atoms with E-state index in [9.17, 15) is 0 Å². The molecule has 0 radical (unpaired) electrons. The van der Waals surface area contributed by atoms with Gasteiger partial charge in [0.2, 0.25) is 5.17 Å². The Hall–Kier alpha value is -3.10. The molecular weight excluding hydrogens is 436 g/mol. The van der Waals surface area contributed by atoms with Crippen molar-refractivity contribution in [2.45, 2.75) is 13.8 Å². The third-order valence-electron chi connectivity index (χ3n) is 4.41. The highest BCUT2D eigenvalue weighted by atomic mass is 32.2. The molecule has 164 valence electrons. The van der Waals surface area contributed by atoms with Crippen LogP contribution in [0.5, 0.6) is 0 Å². The Morgan fingerprint density at radius 1 is 0.750 bits per heavy atom. The Kier molecular flexibility index (Phi) is 8.89. The zero-order chi connectivity index (χ0) is 22.8. The summed E-state index contributed by atoms with van der Waals surface area (Å²) < 4.78 is 0. The highest BCUT2D eigenvalue weighted by Gasteiger charge is 2.08. The molecule has 0 unspecified atom stereocenters. The van der Waals surface area contributed by atoms with E-state index in [1.165, 1.54) is 23.5 Å². The van der Waals surface area contributed by atoms with Crippen LogP contribution in [0.2, 0.25) is 0 Å². The summed E-state index contributed by atoms with van der Waals surface area (Å²) in [6.45, 7) is 3.95. The minimum atomic E-state index is 0.566. The molecule has 0 saturated carbocycles. The number of nitrogens with zero attached hydrogens (tertiary/aromatic N) is 4. The van der Waals surface area contributed by atoms with Crippen LogP contribution in [-0.4, -0.2) is 34.8 Å². The molecule has 0 spiro atoms. The fourth-order valence-corrected chi connectivity index (χ4v) is 3.48. The average Bonchev–Trinajstić information content (AvgIpc) is 2.83. The topological polar surface area (TPSA) is 73.5 Å². The number of aliphatic imine (C=N–C) groups is 2. The lowest BCUT2D eigenvalue weighted by atomic mass is 10.1. The van der Waals surface area contributed by atoms with Gasteiger partial charge in [-0.1, -0.05) is 84.2 Å². The predicted octanol–water partition coefficient (Wildman–Crippen LogP) is 5.34. The van der Waals surface area contributed by atoms with Crippen LogP contribution in [0.4, 0.5) is 0 Å². The number of hydrazine groups is 1. The first-order valence-corrected chi connectivity index (χ1v) is 12.4. The lowest BCUT2D eigenvalue weighted by Gasteiger charge is -2.14. The summed E-state index contributed by atoms with van der Waals surface area (Å²) in [5.41, 5.74) is 11.8.